The molecule has 1 aliphatic rings. The molecule has 0 amide bonds. The molecule has 2 rings (SSSR count). The van der Waals surface area contributed by atoms with Gasteiger partial charge in [-0.2, -0.15) is 8.42 Å². The third kappa shape index (κ3) is 2.23. The van der Waals surface area contributed by atoms with Crippen LogP contribution >= 0.6 is 11.6 Å². The molecule has 1 aromatic rings. The molecular formula is C13H13ClO3S. The first-order valence-electron chi connectivity index (χ1n) is 5.43. The largest absolute Gasteiger partial charge is 0.285 e. The molecule has 1 aliphatic carbocycles. The minimum atomic E-state index is -4.20. The van der Waals surface area contributed by atoms with E-state index in [0.29, 0.717) is 10.6 Å². The summed E-state index contributed by atoms with van der Waals surface area (Å²) in [6.45, 7) is 1.74. The van der Waals surface area contributed by atoms with Crippen LogP contribution in [-0.4, -0.2) is 18.2 Å². The van der Waals surface area contributed by atoms with E-state index in [1.165, 1.54) is 6.08 Å². The van der Waals surface area contributed by atoms with Gasteiger partial charge in [0.2, 0.25) is 0 Å². The van der Waals surface area contributed by atoms with E-state index < -0.39 is 20.8 Å². The van der Waals surface area contributed by atoms with E-state index in [2.05, 4.69) is 0 Å². The van der Waals surface area contributed by atoms with Crippen molar-refractivity contribution >= 4 is 21.7 Å². The topological polar surface area (TPSA) is 54.4 Å². The first kappa shape index (κ1) is 13.3. The summed E-state index contributed by atoms with van der Waals surface area (Å²) in [4.78, 5) is 0. The van der Waals surface area contributed by atoms with Crippen LogP contribution < -0.4 is 0 Å². The fourth-order valence-corrected chi connectivity index (χ4v) is 3.72. The summed E-state index contributed by atoms with van der Waals surface area (Å²) in [6.07, 6.45) is 6.58. The fourth-order valence-electron chi connectivity index (χ4n) is 2.27. The average Bonchev–Trinajstić information content (AvgIpc) is 2.28. The van der Waals surface area contributed by atoms with E-state index in [-0.39, 0.29) is 0 Å². The van der Waals surface area contributed by atoms with Gasteiger partial charge in [0.25, 0.3) is 10.1 Å². The Labute approximate surface area is 112 Å². The smallest absolute Gasteiger partial charge is 0.272 e. The van der Waals surface area contributed by atoms with Crippen LogP contribution in [0.3, 0.4) is 0 Å². The number of hydrogen-bond donors (Lipinski definition) is 1. The first-order valence-corrected chi connectivity index (χ1v) is 7.31. The van der Waals surface area contributed by atoms with Crippen LogP contribution in [0.15, 0.2) is 48.6 Å². The third-order valence-corrected chi connectivity index (χ3v) is 4.82. The van der Waals surface area contributed by atoms with Gasteiger partial charge in [0, 0.05) is 10.4 Å². The maximum absolute atomic E-state index is 11.5. The van der Waals surface area contributed by atoms with Gasteiger partial charge in [0.1, 0.15) is 5.25 Å². The highest BCUT2D eigenvalue weighted by Gasteiger charge is 2.42. The van der Waals surface area contributed by atoms with Crippen LogP contribution in [-0.2, 0) is 15.5 Å². The van der Waals surface area contributed by atoms with E-state index >= 15 is 0 Å². The Hall–Kier alpha value is -1.10. The molecule has 0 aromatic heterocycles. The van der Waals surface area contributed by atoms with Crippen molar-refractivity contribution in [2.75, 3.05) is 0 Å². The molecule has 2 unspecified atom stereocenters. The van der Waals surface area contributed by atoms with Crippen LogP contribution in [0.5, 0.6) is 0 Å². The summed E-state index contributed by atoms with van der Waals surface area (Å²) in [5.41, 5.74) is -0.199. The lowest BCUT2D eigenvalue weighted by molar-refractivity contribution is 0.450. The van der Waals surface area contributed by atoms with E-state index in [9.17, 15) is 13.0 Å². The number of halogens is 1. The molecule has 0 saturated heterocycles. The maximum Gasteiger partial charge on any atom is 0.272 e. The highest BCUT2D eigenvalue weighted by atomic mass is 35.5. The van der Waals surface area contributed by atoms with Gasteiger partial charge in [-0.05, 0) is 11.6 Å². The minimum absolute atomic E-state index is 0.480. The molecule has 0 fully saturated rings. The van der Waals surface area contributed by atoms with Gasteiger partial charge in [0.05, 0.1) is 0 Å². The first-order chi connectivity index (χ1) is 8.36. The quantitative estimate of drug-likeness (QED) is 0.850. The van der Waals surface area contributed by atoms with Crippen LogP contribution in [0.4, 0.5) is 0 Å². The van der Waals surface area contributed by atoms with Gasteiger partial charge in [-0.25, -0.2) is 0 Å². The van der Waals surface area contributed by atoms with E-state index in [1.54, 1.807) is 49.4 Å². The van der Waals surface area contributed by atoms with Gasteiger partial charge in [-0.3, -0.25) is 4.55 Å². The van der Waals surface area contributed by atoms with Gasteiger partial charge in [-0.15, -0.1) is 0 Å². The molecule has 0 heterocycles. The standard InChI is InChI=1S/C13H13ClO3S/c1-13(10-6-2-3-7-11(10)14)9-5-4-8-12(13)18(15,16)17/h2-9,12H,1H3,(H,15,16,17). The lowest BCUT2D eigenvalue weighted by atomic mass is 9.77. The molecule has 2 atom stereocenters. The molecular weight excluding hydrogens is 272 g/mol. The predicted octanol–water partition coefficient (Wildman–Crippen LogP) is 2.98. The molecule has 1 aromatic carbocycles. The van der Waals surface area contributed by atoms with Crippen molar-refractivity contribution in [2.45, 2.75) is 17.6 Å². The highest BCUT2D eigenvalue weighted by Crippen LogP contribution is 2.39. The molecule has 1 N–H and O–H groups in total. The predicted molar refractivity (Wildman–Crippen MR) is 72.4 cm³/mol. The van der Waals surface area contributed by atoms with Crippen molar-refractivity contribution in [1.82, 2.24) is 0 Å². The van der Waals surface area contributed by atoms with Crippen LogP contribution in [0.25, 0.3) is 0 Å². The van der Waals surface area contributed by atoms with Crippen molar-refractivity contribution in [3.8, 4) is 0 Å². The zero-order chi connectivity index (χ0) is 13.4. The molecule has 3 nitrogen and oxygen atoms in total. The van der Waals surface area contributed by atoms with Crippen LogP contribution in [0, 0.1) is 0 Å². The second-order valence-electron chi connectivity index (χ2n) is 4.44. The summed E-state index contributed by atoms with van der Waals surface area (Å²) in [5.74, 6) is 0. The summed E-state index contributed by atoms with van der Waals surface area (Å²) < 4.78 is 32.4. The Balaban J connectivity index is 2.62. The van der Waals surface area contributed by atoms with Crippen molar-refractivity contribution in [3.63, 3.8) is 0 Å². The van der Waals surface area contributed by atoms with Gasteiger partial charge >= 0.3 is 0 Å². The molecule has 0 aliphatic heterocycles. The number of allylic oxidation sites excluding steroid dienone is 3. The van der Waals surface area contributed by atoms with E-state index in [4.69, 9.17) is 11.6 Å². The summed E-state index contributed by atoms with van der Waals surface area (Å²) in [6, 6.07) is 7.04. The summed E-state index contributed by atoms with van der Waals surface area (Å²) in [7, 11) is -4.20. The molecule has 18 heavy (non-hydrogen) atoms. The normalized spacial score (nSPS) is 27.4. The zero-order valence-electron chi connectivity index (χ0n) is 9.75. The van der Waals surface area contributed by atoms with E-state index in [1.807, 2.05) is 0 Å². The average molecular weight is 285 g/mol. The lowest BCUT2D eigenvalue weighted by Crippen LogP contribution is -2.40. The monoisotopic (exact) mass is 284 g/mol. The molecule has 0 radical (unpaired) electrons. The number of benzene rings is 1. The Bertz CT molecular complexity index is 619. The van der Waals surface area contributed by atoms with Crippen LogP contribution in [0.2, 0.25) is 5.02 Å². The number of hydrogen-bond acceptors (Lipinski definition) is 2. The summed E-state index contributed by atoms with van der Waals surface area (Å²) >= 11 is 6.13. The number of rotatable bonds is 2. The molecule has 96 valence electrons. The zero-order valence-corrected chi connectivity index (χ0v) is 11.3. The van der Waals surface area contributed by atoms with Crippen molar-refractivity contribution in [1.29, 1.82) is 0 Å². The Morgan fingerprint density at radius 3 is 2.56 bits per heavy atom. The van der Waals surface area contributed by atoms with Crippen molar-refractivity contribution < 1.29 is 13.0 Å². The fraction of sp³-hybridized carbons (Fsp3) is 0.231. The van der Waals surface area contributed by atoms with Crippen molar-refractivity contribution in [3.05, 3.63) is 59.2 Å². The minimum Gasteiger partial charge on any atom is -0.285 e. The Kier molecular flexibility index (Phi) is 3.36. The Morgan fingerprint density at radius 2 is 1.94 bits per heavy atom. The lowest BCUT2D eigenvalue weighted by Gasteiger charge is -2.34. The molecule has 0 saturated carbocycles. The SMILES string of the molecule is CC1(c2ccccc2Cl)C=CC=CC1S(=O)(=O)O. The Morgan fingerprint density at radius 1 is 1.28 bits per heavy atom. The van der Waals surface area contributed by atoms with Gasteiger partial charge < -0.3 is 0 Å². The van der Waals surface area contributed by atoms with Gasteiger partial charge in [-0.1, -0.05) is 61.0 Å². The highest BCUT2D eigenvalue weighted by molar-refractivity contribution is 7.86. The molecule has 0 bridgehead atoms. The van der Waals surface area contributed by atoms with Crippen LogP contribution in [0.1, 0.15) is 12.5 Å². The molecule has 0 spiro atoms. The summed E-state index contributed by atoms with van der Waals surface area (Å²) in [5, 5.41) is -0.552. The maximum atomic E-state index is 11.5. The third-order valence-electron chi connectivity index (χ3n) is 3.21. The van der Waals surface area contributed by atoms with Crippen molar-refractivity contribution in [2.24, 2.45) is 0 Å². The second kappa shape index (κ2) is 4.53. The second-order valence-corrected chi connectivity index (χ2v) is 6.39. The van der Waals surface area contributed by atoms with Gasteiger partial charge in [0.15, 0.2) is 0 Å². The van der Waals surface area contributed by atoms with E-state index in [0.717, 1.165) is 0 Å². The molecule has 5 heteroatoms.